The van der Waals surface area contributed by atoms with Crippen molar-refractivity contribution in [3.05, 3.63) is 54.6 Å². The van der Waals surface area contributed by atoms with Crippen LogP contribution < -0.4 is 14.9 Å². The number of rotatable bonds is 5. The zero-order chi connectivity index (χ0) is 23.8. The first-order chi connectivity index (χ1) is 16.4. The van der Waals surface area contributed by atoms with E-state index in [9.17, 15) is 18.0 Å². The van der Waals surface area contributed by atoms with Crippen LogP contribution in [-0.4, -0.2) is 56.3 Å². The van der Waals surface area contributed by atoms with Crippen molar-refractivity contribution < 1.29 is 18.0 Å². The summed E-state index contributed by atoms with van der Waals surface area (Å²) in [5.74, 6) is -0.168. The minimum absolute atomic E-state index is 0.0764. The first-order valence-electron chi connectivity index (χ1n) is 11.9. The van der Waals surface area contributed by atoms with Crippen molar-refractivity contribution in [2.24, 2.45) is 0 Å². The Balaban J connectivity index is 1.26. The molecule has 1 aliphatic carbocycles. The maximum absolute atomic E-state index is 13.6. The van der Waals surface area contributed by atoms with Gasteiger partial charge in [0.25, 0.3) is 5.91 Å². The van der Waals surface area contributed by atoms with E-state index in [2.05, 4.69) is 14.9 Å². The number of benzene rings is 2. The van der Waals surface area contributed by atoms with E-state index in [1.54, 1.807) is 35.2 Å². The van der Waals surface area contributed by atoms with Crippen molar-refractivity contribution >= 4 is 33.2 Å². The Morgan fingerprint density at radius 3 is 2.35 bits per heavy atom. The second-order valence-electron chi connectivity index (χ2n) is 9.42. The van der Waals surface area contributed by atoms with Gasteiger partial charge in [-0.05, 0) is 49.9 Å². The number of hydrogen-bond donors (Lipinski definition) is 2. The molecule has 1 saturated carbocycles. The maximum atomic E-state index is 13.6. The smallest absolute Gasteiger partial charge is 0.250 e. The summed E-state index contributed by atoms with van der Waals surface area (Å²) in [4.78, 5) is 30.8. The van der Waals surface area contributed by atoms with Crippen LogP contribution in [-0.2, 0) is 19.6 Å². The number of nitrogens with one attached hydrogen (secondary N) is 2. The van der Waals surface area contributed by atoms with Crippen molar-refractivity contribution in [3.63, 3.8) is 0 Å². The zero-order valence-corrected chi connectivity index (χ0v) is 19.9. The van der Waals surface area contributed by atoms with Gasteiger partial charge in [0.05, 0.1) is 22.8 Å². The molecular weight excluding hydrogens is 452 g/mol. The number of likely N-dealkylation sites (tertiary alicyclic amines) is 1. The fourth-order valence-electron chi connectivity index (χ4n) is 5.49. The van der Waals surface area contributed by atoms with Gasteiger partial charge in [-0.1, -0.05) is 43.2 Å². The van der Waals surface area contributed by atoms with Crippen LogP contribution in [0, 0.1) is 0 Å². The first kappa shape index (κ1) is 23.0. The fraction of sp³-hybridized carbons (Fsp3) is 0.440. The van der Waals surface area contributed by atoms with Crippen molar-refractivity contribution in [2.75, 3.05) is 29.9 Å². The summed E-state index contributed by atoms with van der Waals surface area (Å²) in [5.41, 5.74) is 0.627. The first-order valence-corrected chi connectivity index (χ1v) is 13.4. The highest BCUT2D eigenvalue weighted by Gasteiger charge is 2.52. The quantitative estimate of drug-likeness (QED) is 0.683. The van der Waals surface area contributed by atoms with Crippen LogP contribution in [0.4, 0.5) is 11.4 Å². The lowest BCUT2D eigenvalue weighted by molar-refractivity contribution is -0.128. The second kappa shape index (κ2) is 9.13. The summed E-state index contributed by atoms with van der Waals surface area (Å²) in [7, 11) is -3.56. The summed E-state index contributed by atoms with van der Waals surface area (Å²) < 4.78 is 28.1. The zero-order valence-electron chi connectivity index (χ0n) is 19.1. The highest BCUT2D eigenvalue weighted by atomic mass is 32.2. The van der Waals surface area contributed by atoms with Crippen LogP contribution in [0.25, 0.3) is 0 Å². The molecule has 0 aromatic heterocycles. The number of carbonyl (C=O) groups excluding carboxylic acids is 2. The molecule has 34 heavy (non-hydrogen) atoms. The van der Waals surface area contributed by atoms with Crippen LogP contribution in [0.3, 0.4) is 0 Å². The van der Waals surface area contributed by atoms with Crippen molar-refractivity contribution in [1.29, 1.82) is 0 Å². The van der Waals surface area contributed by atoms with Gasteiger partial charge in [-0.2, -0.15) is 0 Å². The summed E-state index contributed by atoms with van der Waals surface area (Å²) in [5, 5.41) is 3.01. The number of anilines is 2. The Bertz CT molecular complexity index is 1170. The van der Waals surface area contributed by atoms with Gasteiger partial charge >= 0.3 is 0 Å². The van der Waals surface area contributed by atoms with Crippen LogP contribution in [0.2, 0.25) is 0 Å². The molecule has 2 amide bonds. The Hall–Kier alpha value is -2.75. The van der Waals surface area contributed by atoms with Gasteiger partial charge < -0.3 is 5.32 Å². The van der Waals surface area contributed by atoms with E-state index < -0.39 is 15.6 Å². The molecule has 2 N–H and O–H groups in total. The van der Waals surface area contributed by atoms with E-state index in [0.717, 1.165) is 18.5 Å². The predicted molar refractivity (Wildman–Crippen MR) is 130 cm³/mol. The third kappa shape index (κ3) is 4.23. The molecule has 8 nitrogen and oxygen atoms in total. The van der Waals surface area contributed by atoms with Crippen molar-refractivity contribution in [1.82, 2.24) is 9.62 Å². The van der Waals surface area contributed by atoms with Gasteiger partial charge in [0, 0.05) is 19.1 Å². The van der Waals surface area contributed by atoms with E-state index in [1.165, 1.54) is 0 Å². The lowest BCUT2D eigenvalue weighted by atomic mass is 9.89. The van der Waals surface area contributed by atoms with E-state index in [4.69, 9.17) is 0 Å². The molecule has 0 atom stereocenters. The molecular formula is C25H30N4O4S. The Morgan fingerprint density at radius 2 is 1.65 bits per heavy atom. The molecule has 9 heteroatoms. The average Bonchev–Trinajstić information content (AvgIpc) is 3.32. The third-order valence-corrected chi connectivity index (χ3v) is 8.78. The Kier molecular flexibility index (Phi) is 6.18. The normalized spacial score (nSPS) is 20.8. The standard InChI is InChI=1S/C25H30N4O4S/c30-23(29-22-11-5-4-10-21(22)26-24(31)25(29)14-6-7-15-25)18-28-16-12-19(13-17-28)27-34(32,33)20-8-2-1-3-9-20/h1-5,8-11,19,27H,6-7,12-18H2,(H,26,31). The van der Waals surface area contributed by atoms with Crippen molar-refractivity contribution in [2.45, 2.75) is 55.0 Å². The van der Waals surface area contributed by atoms with Gasteiger partial charge in [0.15, 0.2) is 0 Å². The van der Waals surface area contributed by atoms with E-state index in [1.807, 2.05) is 24.3 Å². The SMILES string of the molecule is O=C(CN1CCC(NS(=O)(=O)c2ccccc2)CC1)N1c2ccccc2NC(=O)C12CCCC2. The molecule has 1 saturated heterocycles. The number of hydrogen-bond acceptors (Lipinski definition) is 5. The Labute approximate surface area is 200 Å². The highest BCUT2D eigenvalue weighted by Crippen LogP contribution is 2.45. The molecule has 2 aromatic rings. The summed E-state index contributed by atoms with van der Waals surface area (Å²) in [6.07, 6.45) is 4.44. The number of nitrogens with zero attached hydrogens (tertiary/aromatic N) is 2. The minimum Gasteiger partial charge on any atom is -0.322 e. The molecule has 3 aliphatic rings. The number of fused-ring (bicyclic) bond motifs is 1. The lowest BCUT2D eigenvalue weighted by Crippen LogP contribution is -2.62. The van der Waals surface area contributed by atoms with Gasteiger partial charge in [-0.3, -0.25) is 19.4 Å². The molecule has 1 spiro atoms. The fourth-order valence-corrected chi connectivity index (χ4v) is 6.81. The molecule has 180 valence electrons. The van der Waals surface area contributed by atoms with Crippen LogP contribution >= 0.6 is 0 Å². The van der Waals surface area contributed by atoms with Gasteiger partial charge in [0.1, 0.15) is 5.54 Å². The number of carbonyl (C=O) groups is 2. The van der Waals surface area contributed by atoms with Gasteiger partial charge in [-0.15, -0.1) is 0 Å². The third-order valence-electron chi connectivity index (χ3n) is 7.25. The highest BCUT2D eigenvalue weighted by molar-refractivity contribution is 7.89. The summed E-state index contributed by atoms with van der Waals surface area (Å²) >= 11 is 0. The summed E-state index contributed by atoms with van der Waals surface area (Å²) in [6, 6.07) is 15.7. The topological polar surface area (TPSA) is 98.8 Å². The minimum atomic E-state index is -3.56. The maximum Gasteiger partial charge on any atom is 0.250 e. The van der Waals surface area contributed by atoms with Crippen LogP contribution in [0.5, 0.6) is 0 Å². The van der Waals surface area contributed by atoms with Crippen LogP contribution in [0.15, 0.2) is 59.5 Å². The van der Waals surface area contributed by atoms with E-state index >= 15 is 0 Å². The average molecular weight is 483 g/mol. The molecule has 2 aromatic carbocycles. The van der Waals surface area contributed by atoms with Gasteiger partial charge in [0.2, 0.25) is 15.9 Å². The Morgan fingerprint density at radius 1 is 1.00 bits per heavy atom. The molecule has 2 heterocycles. The second-order valence-corrected chi connectivity index (χ2v) is 11.1. The van der Waals surface area contributed by atoms with Crippen LogP contribution in [0.1, 0.15) is 38.5 Å². The molecule has 5 rings (SSSR count). The molecule has 0 bridgehead atoms. The molecule has 2 fully saturated rings. The number of piperidine rings is 1. The van der Waals surface area contributed by atoms with Gasteiger partial charge in [-0.25, -0.2) is 13.1 Å². The number of sulfonamides is 1. The van der Waals surface area contributed by atoms with Crippen molar-refractivity contribution in [3.8, 4) is 0 Å². The van der Waals surface area contributed by atoms with E-state index in [-0.39, 0.29) is 29.3 Å². The molecule has 2 aliphatic heterocycles. The van der Waals surface area contributed by atoms with E-state index in [0.29, 0.717) is 44.5 Å². The number of para-hydroxylation sites is 2. The predicted octanol–water partition coefficient (Wildman–Crippen LogP) is 2.73. The molecule has 0 unspecified atom stereocenters. The summed E-state index contributed by atoms with van der Waals surface area (Å²) in [6.45, 7) is 1.44. The largest absolute Gasteiger partial charge is 0.322 e. The number of amides is 2. The monoisotopic (exact) mass is 482 g/mol. The molecule has 0 radical (unpaired) electrons. The lowest BCUT2D eigenvalue weighted by Gasteiger charge is -2.45.